The lowest BCUT2D eigenvalue weighted by Crippen LogP contribution is -2.19. The van der Waals surface area contributed by atoms with Crippen molar-refractivity contribution in [2.24, 2.45) is 0 Å². The average molecular weight is 383 g/mol. The molecule has 150 valence electrons. The topological polar surface area (TPSA) is 58.4 Å². The first-order valence-electron chi connectivity index (χ1n) is 9.51. The number of hydrogen-bond acceptors (Lipinski definition) is 5. The van der Waals surface area contributed by atoms with E-state index in [0.717, 1.165) is 33.5 Å². The third-order valence-electron chi connectivity index (χ3n) is 4.91. The van der Waals surface area contributed by atoms with Gasteiger partial charge in [0.05, 0.1) is 48.7 Å². The molecule has 0 saturated heterocycles. The first kappa shape index (κ1) is 20.3. The molecule has 0 amide bonds. The summed E-state index contributed by atoms with van der Waals surface area (Å²) in [7, 11) is 5.06. The molecule has 0 aromatic carbocycles. The van der Waals surface area contributed by atoms with Crippen molar-refractivity contribution in [2.75, 3.05) is 34.5 Å². The Morgan fingerprint density at radius 3 is 2.29 bits per heavy atom. The summed E-state index contributed by atoms with van der Waals surface area (Å²) in [6, 6.07) is 8.29. The highest BCUT2D eigenvalue weighted by Crippen LogP contribution is 2.32. The van der Waals surface area contributed by atoms with Crippen LogP contribution in [-0.2, 0) is 9.47 Å². The van der Waals surface area contributed by atoms with Crippen molar-refractivity contribution in [1.29, 1.82) is 0 Å². The van der Waals surface area contributed by atoms with E-state index in [1.165, 1.54) is 0 Å². The van der Waals surface area contributed by atoms with Gasteiger partial charge in [0.25, 0.3) is 0 Å². The van der Waals surface area contributed by atoms with Crippen LogP contribution in [0.5, 0.6) is 5.88 Å². The number of fused-ring (bicyclic) bond motifs is 1. The molecule has 6 heteroatoms. The standard InChI is InChI=1S/C22H29N3O3/c1-14(2)18-8-7-17(22(24-18)28-6)19-9-10-20-21(23-19)15(3)11-25(20)16(12-26-4)13-27-5/h7-11,14,16H,12-13H2,1-6H3. The molecule has 0 spiro atoms. The Kier molecular flexibility index (Phi) is 6.31. The second-order valence-electron chi connectivity index (χ2n) is 7.30. The molecule has 0 bridgehead atoms. The Hall–Kier alpha value is -2.44. The van der Waals surface area contributed by atoms with Gasteiger partial charge in [-0.3, -0.25) is 0 Å². The molecule has 3 aromatic rings. The van der Waals surface area contributed by atoms with Crippen LogP contribution >= 0.6 is 0 Å². The highest BCUT2D eigenvalue weighted by Gasteiger charge is 2.18. The maximum absolute atomic E-state index is 5.55. The van der Waals surface area contributed by atoms with Crippen LogP contribution in [0.25, 0.3) is 22.3 Å². The van der Waals surface area contributed by atoms with Gasteiger partial charge in [0, 0.05) is 26.1 Å². The summed E-state index contributed by atoms with van der Waals surface area (Å²) in [6.07, 6.45) is 2.11. The van der Waals surface area contributed by atoms with E-state index in [4.69, 9.17) is 19.2 Å². The summed E-state index contributed by atoms with van der Waals surface area (Å²) in [5, 5.41) is 0. The molecule has 3 aromatic heterocycles. The molecule has 3 heterocycles. The van der Waals surface area contributed by atoms with Crippen LogP contribution in [0.4, 0.5) is 0 Å². The Bertz CT molecular complexity index is 944. The second kappa shape index (κ2) is 8.71. The fourth-order valence-corrected chi connectivity index (χ4v) is 3.46. The molecular formula is C22H29N3O3. The number of hydrogen-bond donors (Lipinski definition) is 0. The molecule has 0 unspecified atom stereocenters. The summed E-state index contributed by atoms with van der Waals surface area (Å²) in [4.78, 5) is 9.58. The molecule has 28 heavy (non-hydrogen) atoms. The zero-order valence-electron chi connectivity index (χ0n) is 17.5. The lowest BCUT2D eigenvalue weighted by atomic mass is 10.1. The van der Waals surface area contributed by atoms with Gasteiger partial charge in [-0.25, -0.2) is 9.97 Å². The summed E-state index contributed by atoms with van der Waals surface area (Å²) >= 11 is 0. The summed E-state index contributed by atoms with van der Waals surface area (Å²) in [6.45, 7) is 7.46. The number of ether oxygens (including phenoxy) is 3. The molecular weight excluding hydrogens is 354 g/mol. The van der Waals surface area contributed by atoms with Crippen LogP contribution in [0.2, 0.25) is 0 Å². The van der Waals surface area contributed by atoms with Crippen molar-refractivity contribution in [3.05, 3.63) is 41.7 Å². The number of aromatic nitrogens is 3. The summed E-state index contributed by atoms with van der Waals surface area (Å²) in [5.74, 6) is 0.944. The number of methoxy groups -OCH3 is 3. The predicted octanol–water partition coefficient (Wildman–Crippen LogP) is 4.37. The molecule has 3 rings (SSSR count). The molecule has 0 aliphatic heterocycles. The predicted molar refractivity (Wildman–Crippen MR) is 111 cm³/mol. The molecule has 0 fully saturated rings. The number of pyridine rings is 2. The van der Waals surface area contributed by atoms with Gasteiger partial charge in [-0.05, 0) is 42.7 Å². The molecule has 0 aliphatic rings. The quantitative estimate of drug-likeness (QED) is 0.578. The van der Waals surface area contributed by atoms with E-state index in [-0.39, 0.29) is 6.04 Å². The molecule has 6 nitrogen and oxygen atoms in total. The van der Waals surface area contributed by atoms with E-state index in [2.05, 4.69) is 42.6 Å². The smallest absolute Gasteiger partial charge is 0.222 e. The van der Waals surface area contributed by atoms with Crippen LogP contribution in [0.3, 0.4) is 0 Å². The van der Waals surface area contributed by atoms with Gasteiger partial charge in [0.15, 0.2) is 0 Å². The lowest BCUT2D eigenvalue weighted by molar-refractivity contribution is 0.0913. The van der Waals surface area contributed by atoms with Gasteiger partial charge in [-0.15, -0.1) is 0 Å². The molecule has 0 N–H and O–H groups in total. The van der Waals surface area contributed by atoms with E-state index in [1.807, 2.05) is 18.2 Å². The van der Waals surface area contributed by atoms with Gasteiger partial charge < -0.3 is 18.8 Å². The third kappa shape index (κ3) is 3.88. The van der Waals surface area contributed by atoms with Crippen molar-refractivity contribution in [1.82, 2.24) is 14.5 Å². The normalized spacial score (nSPS) is 11.7. The molecule has 0 aliphatic carbocycles. The lowest BCUT2D eigenvalue weighted by Gasteiger charge is -2.18. The highest BCUT2D eigenvalue weighted by atomic mass is 16.5. The van der Waals surface area contributed by atoms with E-state index in [9.17, 15) is 0 Å². The molecule has 0 radical (unpaired) electrons. The van der Waals surface area contributed by atoms with Crippen molar-refractivity contribution in [3.63, 3.8) is 0 Å². The Morgan fingerprint density at radius 2 is 1.68 bits per heavy atom. The average Bonchev–Trinajstić information content (AvgIpc) is 3.03. The fourth-order valence-electron chi connectivity index (χ4n) is 3.46. The minimum Gasteiger partial charge on any atom is -0.480 e. The van der Waals surface area contributed by atoms with Gasteiger partial charge in [0.2, 0.25) is 5.88 Å². The van der Waals surface area contributed by atoms with Crippen molar-refractivity contribution in [3.8, 4) is 17.1 Å². The zero-order valence-corrected chi connectivity index (χ0v) is 17.5. The maximum atomic E-state index is 5.55. The van der Waals surface area contributed by atoms with Gasteiger partial charge in [-0.1, -0.05) is 13.8 Å². The Labute approximate surface area is 166 Å². The summed E-state index contributed by atoms with van der Waals surface area (Å²) < 4.78 is 18.5. The minimum absolute atomic E-state index is 0.0976. The fraction of sp³-hybridized carbons (Fsp3) is 0.455. The Morgan fingerprint density at radius 1 is 0.964 bits per heavy atom. The molecule has 0 saturated carbocycles. The van der Waals surface area contributed by atoms with Crippen LogP contribution in [0.15, 0.2) is 30.5 Å². The minimum atomic E-state index is 0.0976. The maximum Gasteiger partial charge on any atom is 0.222 e. The first-order chi connectivity index (χ1) is 13.5. The van der Waals surface area contributed by atoms with Crippen molar-refractivity contribution >= 4 is 11.0 Å². The van der Waals surface area contributed by atoms with Crippen LogP contribution in [0.1, 0.15) is 37.1 Å². The summed E-state index contributed by atoms with van der Waals surface area (Å²) in [5.41, 5.74) is 5.89. The third-order valence-corrected chi connectivity index (χ3v) is 4.91. The van der Waals surface area contributed by atoms with Crippen LogP contribution < -0.4 is 4.74 Å². The van der Waals surface area contributed by atoms with Gasteiger partial charge >= 0.3 is 0 Å². The molecule has 0 atom stereocenters. The number of rotatable bonds is 8. The van der Waals surface area contributed by atoms with E-state index in [1.54, 1.807) is 21.3 Å². The Balaban J connectivity index is 2.07. The SMILES string of the molecule is COCC(COC)n1cc(C)c2nc(-c3ccc(C(C)C)nc3OC)ccc21. The highest BCUT2D eigenvalue weighted by molar-refractivity contribution is 5.83. The largest absolute Gasteiger partial charge is 0.480 e. The van der Waals surface area contributed by atoms with Crippen LogP contribution in [-0.4, -0.2) is 49.1 Å². The van der Waals surface area contributed by atoms with Crippen molar-refractivity contribution in [2.45, 2.75) is 32.7 Å². The zero-order chi connectivity index (χ0) is 20.3. The van der Waals surface area contributed by atoms with Crippen LogP contribution in [0, 0.1) is 6.92 Å². The van der Waals surface area contributed by atoms with E-state index < -0.39 is 0 Å². The monoisotopic (exact) mass is 383 g/mol. The first-order valence-corrected chi connectivity index (χ1v) is 9.51. The van der Waals surface area contributed by atoms with E-state index >= 15 is 0 Å². The number of nitrogens with zero attached hydrogens (tertiary/aromatic N) is 3. The van der Waals surface area contributed by atoms with E-state index in [0.29, 0.717) is 25.0 Å². The second-order valence-corrected chi connectivity index (χ2v) is 7.30. The van der Waals surface area contributed by atoms with Gasteiger partial charge in [-0.2, -0.15) is 0 Å². The number of aryl methyl sites for hydroxylation is 1. The van der Waals surface area contributed by atoms with Crippen molar-refractivity contribution < 1.29 is 14.2 Å². The van der Waals surface area contributed by atoms with Gasteiger partial charge in [0.1, 0.15) is 0 Å².